The maximum atomic E-state index is 13.1. The number of nitrogens with one attached hydrogen (secondary N) is 1. The van der Waals surface area contributed by atoms with Crippen LogP contribution in [0.2, 0.25) is 0 Å². The second-order valence-electron chi connectivity index (χ2n) is 6.57. The van der Waals surface area contributed by atoms with Gasteiger partial charge in [0.25, 0.3) is 0 Å². The Bertz CT molecular complexity index is 1030. The molecule has 2 aromatic carbocycles. The smallest absolute Gasteiger partial charge is 0.325 e. The number of alkyl halides is 3. The van der Waals surface area contributed by atoms with Crippen molar-refractivity contribution in [2.75, 3.05) is 5.32 Å². The highest BCUT2D eigenvalue weighted by Crippen LogP contribution is 2.35. The Morgan fingerprint density at radius 2 is 1.90 bits per heavy atom. The minimum atomic E-state index is -4.55. The van der Waals surface area contributed by atoms with E-state index in [0.29, 0.717) is 5.16 Å². The number of rotatable bonds is 5. The molecule has 29 heavy (non-hydrogen) atoms. The molecule has 0 aliphatic rings. The highest BCUT2D eigenvalue weighted by molar-refractivity contribution is 8.00. The van der Waals surface area contributed by atoms with Crippen LogP contribution in [0.25, 0.3) is 5.69 Å². The van der Waals surface area contributed by atoms with E-state index in [0.717, 1.165) is 34.6 Å². The molecule has 1 aromatic heterocycles. The van der Waals surface area contributed by atoms with Crippen LogP contribution in [0, 0.1) is 13.8 Å². The number of hydrogen-bond acceptors (Lipinski definition) is 4. The molecule has 0 spiro atoms. The van der Waals surface area contributed by atoms with Gasteiger partial charge in [0.05, 0.1) is 22.2 Å². The third kappa shape index (κ3) is 4.79. The third-order valence-electron chi connectivity index (χ3n) is 4.27. The molecule has 3 rings (SSSR count). The number of hydrogen-bond donors (Lipinski definition) is 1. The summed E-state index contributed by atoms with van der Waals surface area (Å²) >= 11 is 1.12. The number of aryl methyl sites for hydroxylation is 2. The fraction of sp³-hybridized carbons (Fsp3) is 0.250. The molecule has 0 radical (unpaired) electrons. The molecule has 0 aliphatic carbocycles. The lowest BCUT2D eigenvalue weighted by atomic mass is 10.1. The van der Waals surface area contributed by atoms with Crippen LogP contribution >= 0.6 is 11.8 Å². The summed E-state index contributed by atoms with van der Waals surface area (Å²) in [7, 11) is 0. The van der Waals surface area contributed by atoms with Gasteiger partial charge in [0.1, 0.15) is 6.33 Å². The van der Waals surface area contributed by atoms with Gasteiger partial charge < -0.3 is 5.32 Å². The maximum Gasteiger partial charge on any atom is 0.418 e. The van der Waals surface area contributed by atoms with E-state index in [4.69, 9.17) is 0 Å². The summed E-state index contributed by atoms with van der Waals surface area (Å²) in [5.41, 5.74) is 1.85. The summed E-state index contributed by atoms with van der Waals surface area (Å²) in [5.74, 6) is -0.554. The molecule has 3 aromatic rings. The van der Waals surface area contributed by atoms with Gasteiger partial charge in [-0.1, -0.05) is 41.6 Å². The molecule has 0 saturated carbocycles. The minimum absolute atomic E-state index is 0.270. The highest BCUT2D eigenvalue weighted by Gasteiger charge is 2.34. The second kappa shape index (κ2) is 8.28. The lowest BCUT2D eigenvalue weighted by Gasteiger charge is -2.16. The average Bonchev–Trinajstić information content (AvgIpc) is 3.09. The molecule has 5 nitrogen and oxygen atoms in total. The summed E-state index contributed by atoms with van der Waals surface area (Å²) in [4.78, 5) is 12.5. The van der Waals surface area contributed by atoms with Gasteiger partial charge in [-0.05, 0) is 44.5 Å². The van der Waals surface area contributed by atoms with Gasteiger partial charge in [0.2, 0.25) is 5.91 Å². The zero-order valence-corrected chi connectivity index (χ0v) is 16.8. The van der Waals surface area contributed by atoms with E-state index in [2.05, 4.69) is 15.5 Å². The van der Waals surface area contributed by atoms with Crippen LogP contribution in [0.5, 0.6) is 0 Å². The van der Waals surface area contributed by atoms with E-state index in [1.54, 1.807) is 17.8 Å². The highest BCUT2D eigenvalue weighted by atomic mass is 32.2. The molecule has 0 saturated heterocycles. The molecule has 0 unspecified atom stereocenters. The standard InChI is InChI=1S/C20H19F3N4OS/c1-12-8-9-17(13(2)10-12)27-11-24-26-19(27)29-14(3)18(28)25-16-7-5-4-6-15(16)20(21,22)23/h4-11,14H,1-3H3,(H,25,28)/t14-/m0/s1. The molecular formula is C20H19F3N4OS. The van der Waals surface area contributed by atoms with Crippen molar-refractivity contribution >= 4 is 23.4 Å². The zero-order valence-electron chi connectivity index (χ0n) is 16.0. The molecular weight excluding hydrogens is 401 g/mol. The van der Waals surface area contributed by atoms with Crippen molar-refractivity contribution in [2.24, 2.45) is 0 Å². The Labute approximate surface area is 170 Å². The first kappa shape index (κ1) is 20.9. The number of carbonyl (C=O) groups excluding carboxylic acids is 1. The Morgan fingerprint density at radius 3 is 2.59 bits per heavy atom. The normalized spacial score (nSPS) is 12.6. The average molecular weight is 420 g/mol. The first-order valence-electron chi connectivity index (χ1n) is 8.78. The van der Waals surface area contributed by atoms with Crippen molar-refractivity contribution < 1.29 is 18.0 Å². The number of halogens is 3. The van der Waals surface area contributed by atoms with Gasteiger partial charge in [0.15, 0.2) is 5.16 Å². The molecule has 0 aliphatic heterocycles. The van der Waals surface area contributed by atoms with Gasteiger partial charge in [-0.25, -0.2) is 0 Å². The molecule has 1 amide bonds. The van der Waals surface area contributed by atoms with Crippen LogP contribution in [0.15, 0.2) is 53.9 Å². The van der Waals surface area contributed by atoms with Crippen molar-refractivity contribution in [1.82, 2.24) is 14.8 Å². The summed E-state index contributed by atoms with van der Waals surface area (Å²) in [6.45, 7) is 5.56. The number of para-hydroxylation sites is 1. The lowest BCUT2D eigenvalue weighted by Crippen LogP contribution is -2.24. The monoisotopic (exact) mass is 420 g/mol. The SMILES string of the molecule is Cc1ccc(-n2cnnc2S[C@@H](C)C(=O)Nc2ccccc2C(F)(F)F)c(C)c1. The van der Waals surface area contributed by atoms with Crippen LogP contribution in [0.4, 0.5) is 18.9 Å². The van der Waals surface area contributed by atoms with Crippen LogP contribution in [-0.2, 0) is 11.0 Å². The quantitative estimate of drug-likeness (QED) is 0.589. The van der Waals surface area contributed by atoms with E-state index >= 15 is 0 Å². The molecule has 9 heteroatoms. The van der Waals surface area contributed by atoms with Crippen LogP contribution in [-0.4, -0.2) is 25.9 Å². The third-order valence-corrected chi connectivity index (χ3v) is 5.33. The second-order valence-corrected chi connectivity index (χ2v) is 7.87. The number of amides is 1. The number of anilines is 1. The summed E-state index contributed by atoms with van der Waals surface area (Å²) in [6, 6.07) is 10.8. The molecule has 0 bridgehead atoms. The minimum Gasteiger partial charge on any atom is -0.325 e. The first-order valence-corrected chi connectivity index (χ1v) is 9.66. The van der Waals surface area contributed by atoms with Crippen LogP contribution < -0.4 is 5.32 Å². The van der Waals surface area contributed by atoms with Gasteiger partial charge in [-0.2, -0.15) is 13.2 Å². The predicted molar refractivity (Wildman–Crippen MR) is 106 cm³/mol. The van der Waals surface area contributed by atoms with E-state index in [1.165, 1.54) is 18.2 Å². The fourth-order valence-electron chi connectivity index (χ4n) is 2.83. The van der Waals surface area contributed by atoms with Gasteiger partial charge >= 0.3 is 6.18 Å². The van der Waals surface area contributed by atoms with Crippen molar-refractivity contribution in [2.45, 2.75) is 37.4 Å². The van der Waals surface area contributed by atoms with Crippen molar-refractivity contribution in [3.63, 3.8) is 0 Å². The topological polar surface area (TPSA) is 59.8 Å². The summed E-state index contributed by atoms with van der Waals surface area (Å²) in [5, 5.41) is 10.1. The molecule has 1 atom stereocenters. The Morgan fingerprint density at radius 1 is 1.17 bits per heavy atom. The molecule has 1 N–H and O–H groups in total. The van der Waals surface area contributed by atoms with E-state index in [1.807, 2.05) is 32.0 Å². The summed E-state index contributed by atoms with van der Waals surface area (Å²) < 4.78 is 41.2. The van der Waals surface area contributed by atoms with Gasteiger partial charge in [-0.3, -0.25) is 9.36 Å². The number of carbonyl (C=O) groups is 1. The predicted octanol–water partition coefficient (Wildman–Crippen LogP) is 5.02. The van der Waals surface area contributed by atoms with Crippen LogP contribution in [0.1, 0.15) is 23.6 Å². The number of thioether (sulfide) groups is 1. The first-order chi connectivity index (χ1) is 13.7. The van der Waals surface area contributed by atoms with Gasteiger partial charge in [-0.15, -0.1) is 10.2 Å². The number of aromatic nitrogens is 3. The van der Waals surface area contributed by atoms with E-state index in [-0.39, 0.29) is 5.69 Å². The number of benzene rings is 2. The number of nitrogens with zero attached hydrogens (tertiary/aromatic N) is 3. The van der Waals surface area contributed by atoms with Gasteiger partial charge in [0, 0.05) is 0 Å². The lowest BCUT2D eigenvalue weighted by molar-refractivity contribution is -0.137. The fourth-order valence-corrected chi connectivity index (χ4v) is 3.67. The zero-order chi connectivity index (χ0) is 21.2. The van der Waals surface area contributed by atoms with Crippen LogP contribution in [0.3, 0.4) is 0 Å². The molecule has 1 heterocycles. The van der Waals surface area contributed by atoms with Crippen molar-refractivity contribution in [3.8, 4) is 5.69 Å². The van der Waals surface area contributed by atoms with E-state index in [9.17, 15) is 18.0 Å². The Hall–Kier alpha value is -2.81. The van der Waals surface area contributed by atoms with Crippen molar-refractivity contribution in [3.05, 3.63) is 65.5 Å². The largest absolute Gasteiger partial charge is 0.418 e. The Kier molecular flexibility index (Phi) is 5.97. The Balaban J connectivity index is 1.78. The summed E-state index contributed by atoms with van der Waals surface area (Å²) in [6.07, 6.45) is -3.01. The van der Waals surface area contributed by atoms with E-state index < -0.39 is 22.9 Å². The maximum absolute atomic E-state index is 13.1. The molecule has 0 fully saturated rings. The van der Waals surface area contributed by atoms with Crippen molar-refractivity contribution in [1.29, 1.82) is 0 Å². The molecule has 152 valence electrons.